The van der Waals surface area contributed by atoms with Crippen molar-refractivity contribution in [3.8, 4) is 0 Å². The van der Waals surface area contributed by atoms with E-state index in [2.05, 4.69) is 13.8 Å². The number of hydrogen-bond donors (Lipinski definition) is 5. The SMILES string of the molecule is C[C@H]1CO[C@]2(C[C@@H]1O)OC1C[C@H]3[C@@H]4C[C@@H](O)[C@@]5(O)C[C@@H](O)[C@H](O)C[C@]5(C)[C@H]4CC[C@]3(C)C1[C@@H]2C. The molecule has 7 nitrogen and oxygen atoms in total. The van der Waals surface area contributed by atoms with Crippen LogP contribution in [0.25, 0.3) is 0 Å². The third-order valence-electron chi connectivity index (χ3n) is 12.3. The lowest BCUT2D eigenvalue weighted by molar-refractivity contribution is -0.295. The number of fused-ring (bicyclic) bond motifs is 7. The predicted octanol–water partition coefficient (Wildman–Crippen LogP) is 1.82. The molecule has 0 amide bonds. The van der Waals surface area contributed by atoms with Crippen LogP contribution in [-0.4, -0.2) is 74.0 Å². The molecule has 34 heavy (non-hydrogen) atoms. The van der Waals surface area contributed by atoms with Crippen LogP contribution in [0.5, 0.6) is 0 Å². The van der Waals surface area contributed by atoms with Gasteiger partial charge in [0.25, 0.3) is 0 Å². The monoisotopic (exact) mass is 480 g/mol. The second-order valence-electron chi connectivity index (χ2n) is 13.6. The summed E-state index contributed by atoms with van der Waals surface area (Å²) in [6, 6.07) is 0. The van der Waals surface area contributed by atoms with Crippen molar-refractivity contribution < 1.29 is 35.0 Å². The molecule has 2 heterocycles. The van der Waals surface area contributed by atoms with Gasteiger partial charge in [-0.3, -0.25) is 0 Å². The number of aliphatic hydroxyl groups excluding tert-OH is 4. The van der Waals surface area contributed by atoms with Crippen LogP contribution in [0.2, 0.25) is 0 Å². The fraction of sp³-hybridized carbons (Fsp3) is 1.00. The van der Waals surface area contributed by atoms with Gasteiger partial charge in [-0.1, -0.05) is 27.7 Å². The van der Waals surface area contributed by atoms with Crippen molar-refractivity contribution in [1.29, 1.82) is 0 Å². The largest absolute Gasteiger partial charge is 0.393 e. The molecule has 2 unspecified atom stereocenters. The molecule has 5 N–H and O–H groups in total. The Morgan fingerprint density at radius 3 is 2.26 bits per heavy atom. The Bertz CT molecular complexity index is 838. The Labute approximate surface area is 202 Å². The van der Waals surface area contributed by atoms with E-state index in [1.807, 2.05) is 13.8 Å². The van der Waals surface area contributed by atoms with Crippen molar-refractivity contribution >= 4 is 0 Å². The minimum absolute atomic E-state index is 0.0307. The Kier molecular flexibility index (Phi) is 5.24. The van der Waals surface area contributed by atoms with Crippen LogP contribution in [0.15, 0.2) is 0 Å². The Balaban J connectivity index is 1.30. The third-order valence-corrected chi connectivity index (χ3v) is 12.3. The molecule has 0 aromatic heterocycles. The van der Waals surface area contributed by atoms with Gasteiger partial charge in [0, 0.05) is 30.1 Å². The molecule has 15 atom stereocenters. The van der Waals surface area contributed by atoms with E-state index >= 15 is 0 Å². The van der Waals surface area contributed by atoms with E-state index in [0.29, 0.717) is 37.7 Å². The van der Waals surface area contributed by atoms with Crippen molar-refractivity contribution in [2.24, 2.45) is 46.3 Å². The molecule has 2 saturated heterocycles. The minimum Gasteiger partial charge on any atom is -0.393 e. The summed E-state index contributed by atoms with van der Waals surface area (Å²) in [5.74, 6) is 0.743. The quantitative estimate of drug-likeness (QED) is 0.359. The second kappa shape index (κ2) is 7.40. The topological polar surface area (TPSA) is 120 Å². The van der Waals surface area contributed by atoms with Crippen LogP contribution in [-0.2, 0) is 9.47 Å². The van der Waals surface area contributed by atoms with Gasteiger partial charge in [-0.05, 0) is 61.2 Å². The molecular formula is C27H44O7. The fourth-order valence-electron chi connectivity index (χ4n) is 10.3. The maximum absolute atomic E-state index is 11.7. The highest BCUT2D eigenvalue weighted by Crippen LogP contribution is 2.71. The van der Waals surface area contributed by atoms with Crippen molar-refractivity contribution in [3.63, 3.8) is 0 Å². The van der Waals surface area contributed by atoms with E-state index in [1.165, 1.54) is 0 Å². The summed E-state index contributed by atoms with van der Waals surface area (Å²) < 4.78 is 13.0. The molecule has 194 valence electrons. The van der Waals surface area contributed by atoms with Crippen molar-refractivity contribution in [1.82, 2.24) is 0 Å². The van der Waals surface area contributed by atoms with Gasteiger partial charge in [-0.25, -0.2) is 0 Å². The third kappa shape index (κ3) is 2.84. The molecule has 0 aromatic rings. The molecule has 1 spiro atoms. The normalized spacial score (nSPS) is 65.4. The molecule has 2 aliphatic heterocycles. The molecule has 6 rings (SSSR count). The van der Waals surface area contributed by atoms with Crippen LogP contribution in [0, 0.1) is 46.3 Å². The van der Waals surface area contributed by atoms with Crippen molar-refractivity contribution in [2.75, 3.05) is 6.61 Å². The van der Waals surface area contributed by atoms with Crippen LogP contribution in [0.1, 0.15) is 72.6 Å². The maximum Gasteiger partial charge on any atom is 0.174 e. The van der Waals surface area contributed by atoms with Gasteiger partial charge in [0.05, 0.1) is 42.7 Å². The number of ether oxygens (including phenoxy) is 2. The molecule has 6 aliphatic rings. The predicted molar refractivity (Wildman–Crippen MR) is 123 cm³/mol. The van der Waals surface area contributed by atoms with Gasteiger partial charge < -0.3 is 35.0 Å². The first-order valence-corrected chi connectivity index (χ1v) is 13.6. The standard InChI is InChI=1S/C27H44O7/c1-13-12-33-27(11-18(13)28)14(2)23-21(34-27)8-17-15-7-22(31)26(32)10-20(30)19(29)9-25(26,4)16(15)5-6-24(17,23)3/h13-23,28-32H,5-12H2,1-4H3/t13-,14-,15+,16-,17-,18-,19+,20+,21?,22+,23?,24-,25+,26-,27+/m0/s1. The summed E-state index contributed by atoms with van der Waals surface area (Å²) in [6.45, 7) is 9.21. The van der Waals surface area contributed by atoms with Gasteiger partial charge in [0.1, 0.15) is 0 Å². The van der Waals surface area contributed by atoms with Crippen LogP contribution >= 0.6 is 0 Å². The summed E-state index contributed by atoms with van der Waals surface area (Å²) >= 11 is 0. The van der Waals surface area contributed by atoms with E-state index in [9.17, 15) is 25.5 Å². The lowest BCUT2D eigenvalue weighted by atomic mass is 9.42. The van der Waals surface area contributed by atoms with E-state index in [1.54, 1.807) is 0 Å². The van der Waals surface area contributed by atoms with E-state index in [0.717, 1.165) is 19.3 Å². The molecule has 0 bridgehead atoms. The summed E-state index contributed by atoms with van der Waals surface area (Å²) in [7, 11) is 0. The molecular weight excluding hydrogens is 436 g/mol. The zero-order valence-electron chi connectivity index (χ0n) is 21.1. The highest BCUT2D eigenvalue weighted by atomic mass is 16.7. The van der Waals surface area contributed by atoms with Crippen LogP contribution in [0.4, 0.5) is 0 Å². The highest BCUT2D eigenvalue weighted by molar-refractivity contribution is 5.20. The van der Waals surface area contributed by atoms with E-state index in [4.69, 9.17) is 9.47 Å². The molecule has 4 aliphatic carbocycles. The Morgan fingerprint density at radius 1 is 0.853 bits per heavy atom. The van der Waals surface area contributed by atoms with Gasteiger partial charge in [-0.15, -0.1) is 0 Å². The highest BCUT2D eigenvalue weighted by Gasteiger charge is 2.72. The zero-order chi connectivity index (χ0) is 24.4. The summed E-state index contributed by atoms with van der Waals surface area (Å²) in [6.07, 6.45) is 1.17. The maximum atomic E-state index is 11.7. The zero-order valence-corrected chi connectivity index (χ0v) is 21.1. The first kappa shape index (κ1) is 24.1. The average Bonchev–Trinajstić information content (AvgIpc) is 3.20. The molecule has 4 saturated carbocycles. The van der Waals surface area contributed by atoms with E-state index in [-0.39, 0.29) is 41.6 Å². The van der Waals surface area contributed by atoms with Crippen molar-refractivity contribution in [2.45, 2.75) is 115 Å². The van der Waals surface area contributed by atoms with Gasteiger partial charge in [0.15, 0.2) is 5.79 Å². The second-order valence-corrected chi connectivity index (χ2v) is 13.6. The van der Waals surface area contributed by atoms with E-state index < -0.39 is 41.2 Å². The summed E-state index contributed by atoms with van der Waals surface area (Å²) in [5, 5.41) is 54.4. The van der Waals surface area contributed by atoms with Gasteiger partial charge in [0.2, 0.25) is 0 Å². The Hall–Kier alpha value is -0.280. The Morgan fingerprint density at radius 2 is 1.56 bits per heavy atom. The number of aliphatic hydroxyl groups is 5. The van der Waals surface area contributed by atoms with Gasteiger partial charge >= 0.3 is 0 Å². The number of hydrogen-bond acceptors (Lipinski definition) is 7. The first-order chi connectivity index (χ1) is 15.9. The summed E-state index contributed by atoms with van der Waals surface area (Å²) in [4.78, 5) is 0. The van der Waals surface area contributed by atoms with Gasteiger partial charge in [-0.2, -0.15) is 0 Å². The molecule has 7 heteroatoms. The summed E-state index contributed by atoms with van der Waals surface area (Å²) in [5.41, 5.74) is -1.95. The minimum atomic E-state index is -1.37. The number of rotatable bonds is 0. The van der Waals surface area contributed by atoms with Crippen LogP contribution < -0.4 is 0 Å². The van der Waals surface area contributed by atoms with Crippen molar-refractivity contribution in [3.05, 3.63) is 0 Å². The molecule has 0 radical (unpaired) electrons. The smallest absolute Gasteiger partial charge is 0.174 e. The molecule has 6 fully saturated rings. The van der Waals surface area contributed by atoms with Crippen LogP contribution in [0.3, 0.4) is 0 Å². The average molecular weight is 481 g/mol. The lowest BCUT2D eigenvalue weighted by Crippen LogP contribution is -2.70. The molecule has 0 aromatic carbocycles. The lowest BCUT2D eigenvalue weighted by Gasteiger charge is -2.66. The fourth-order valence-corrected chi connectivity index (χ4v) is 10.3. The first-order valence-electron chi connectivity index (χ1n) is 13.6.